The number of hydrogen-bond donors (Lipinski definition) is 1. The molecule has 0 bridgehead atoms. The van der Waals surface area contributed by atoms with E-state index in [1.807, 2.05) is 30.3 Å². The fourth-order valence-corrected chi connectivity index (χ4v) is 3.65. The molecule has 1 aliphatic rings. The smallest absolute Gasteiger partial charge is 0.260 e. The number of benzene rings is 2. The molecule has 1 saturated heterocycles. The average Bonchev–Trinajstić information content (AvgIpc) is 3.09. The molecular weight excluding hydrogens is 406 g/mol. The van der Waals surface area contributed by atoms with Crippen LogP contribution in [0.5, 0.6) is 5.75 Å². The quantitative estimate of drug-likeness (QED) is 0.688. The van der Waals surface area contributed by atoms with Gasteiger partial charge in [-0.3, -0.25) is 14.4 Å². The van der Waals surface area contributed by atoms with Crippen molar-refractivity contribution in [3.05, 3.63) is 65.7 Å². The number of nitrogens with zero attached hydrogens (tertiary/aromatic N) is 2. The van der Waals surface area contributed by atoms with Gasteiger partial charge in [-0.25, -0.2) is 0 Å². The number of nitrogens with one attached hydrogen (secondary N) is 1. The standard InChI is InChI=1S/C25H31N3O4/c1-2-7-20-10-12-22(13-11-20)32-19-24(30)28-15-6-14-27(16-17-28)23(29)18-26-25(31)21-8-4-3-5-9-21/h3-5,8-13H,2,6-7,14-19H2,1H3,(H,26,31). The molecular formula is C25H31N3O4. The molecule has 0 saturated carbocycles. The molecule has 0 aliphatic carbocycles. The summed E-state index contributed by atoms with van der Waals surface area (Å²) in [5.41, 5.74) is 1.77. The molecule has 2 aromatic carbocycles. The van der Waals surface area contributed by atoms with Crippen molar-refractivity contribution in [2.75, 3.05) is 39.3 Å². The third-order valence-corrected chi connectivity index (χ3v) is 5.46. The summed E-state index contributed by atoms with van der Waals surface area (Å²) in [6.07, 6.45) is 2.81. The molecule has 0 atom stereocenters. The summed E-state index contributed by atoms with van der Waals surface area (Å²) >= 11 is 0. The summed E-state index contributed by atoms with van der Waals surface area (Å²) in [7, 11) is 0. The fraction of sp³-hybridized carbons (Fsp3) is 0.400. The lowest BCUT2D eigenvalue weighted by atomic mass is 10.1. The maximum atomic E-state index is 12.6. The molecule has 3 amide bonds. The van der Waals surface area contributed by atoms with Gasteiger partial charge in [0.15, 0.2) is 6.61 Å². The Kier molecular flexibility index (Phi) is 8.66. The minimum atomic E-state index is -0.273. The minimum Gasteiger partial charge on any atom is -0.484 e. The number of hydrogen-bond acceptors (Lipinski definition) is 4. The molecule has 0 spiro atoms. The van der Waals surface area contributed by atoms with E-state index in [2.05, 4.69) is 12.2 Å². The number of amides is 3. The van der Waals surface area contributed by atoms with E-state index in [9.17, 15) is 14.4 Å². The fourth-order valence-electron chi connectivity index (χ4n) is 3.65. The molecule has 1 N–H and O–H groups in total. The molecule has 1 fully saturated rings. The summed E-state index contributed by atoms with van der Waals surface area (Å²) < 4.78 is 5.66. The van der Waals surface area contributed by atoms with Gasteiger partial charge < -0.3 is 19.9 Å². The van der Waals surface area contributed by atoms with Crippen molar-refractivity contribution < 1.29 is 19.1 Å². The lowest BCUT2D eigenvalue weighted by Gasteiger charge is -2.22. The topological polar surface area (TPSA) is 79.0 Å². The van der Waals surface area contributed by atoms with Crippen molar-refractivity contribution in [1.29, 1.82) is 0 Å². The number of carbonyl (C=O) groups excluding carboxylic acids is 3. The van der Waals surface area contributed by atoms with E-state index >= 15 is 0 Å². The molecule has 2 aromatic rings. The number of carbonyl (C=O) groups is 3. The molecule has 32 heavy (non-hydrogen) atoms. The maximum Gasteiger partial charge on any atom is 0.260 e. The predicted octanol–water partition coefficient (Wildman–Crippen LogP) is 2.51. The van der Waals surface area contributed by atoms with Crippen LogP contribution in [-0.4, -0.2) is 66.9 Å². The van der Waals surface area contributed by atoms with Gasteiger partial charge in [-0.1, -0.05) is 43.7 Å². The van der Waals surface area contributed by atoms with E-state index in [1.54, 1.807) is 34.1 Å². The summed E-state index contributed by atoms with van der Waals surface area (Å²) in [5, 5.41) is 2.67. The van der Waals surface area contributed by atoms with Crippen molar-refractivity contribution in [3.8, 4) is 5.75 Å². The Morgan fingerprint density at radius 3 is 2.19 bits per heavy atom. The highest BCUT2D eigenvalue weighted by Gasteiger charge is 2.22. The Labute approximate surface area is 189 Å². The first-order valence-electron chi connectivity index (χ1n) is 11.2. The lowest BCUT2D eigenvalue weighted by molar-refractivity contribution is -0.134. The molecule has 3 rings (SSSR count). The van der Waals surface area contributed by atoms with Gasteiger partial charge in [0.05, 0.1) is 6.54 Å². The number of ether oxygens (including phenoxy) is 1. The summed E-state index contributed by atoms with van der Waals surface area (Å²) in [5.74, 6) is 0.172. The molecule has 1 heterocycles. The Morgan fingerprint density at radius 1 is 0.875 bits per heavy atom. The predicted molar refractivity (Wildman–Crippen MR) is 122 cm³/mol. The largest absolute Gasteiger partial charge is 0.484 e. The van der Waals surface area contributed by atoms with E-state index < -0.39 is 0 Å². The first-order valence-corrected chi connectivity index (χ1v) is 11.2. The Morgan fingerprint density at radius 2 is 1.53 bits per heavy atom. The maximum absolute atomic E-state index is 12.6. The van der Waals surface area contributed by atoms with Gasteiger partial charge in [0.25, 0.3) is 11.8 Å². The van der Waals surface area contributed by atoms with Crippen molar-refractivity contribution in [2.45, 2.75) is 26.2 Å². The zero-order valence-electron chi connectivity index (χ0n) is 18.6. The Bertz CT molecular complexity index is 899. The van der Waals surface area contributed by atoms with Crippen LogP contribution in [0.1, 0.15) is 35.7 Å². The molecule has 0 aromatic heterocycles. The van der Waals surface area contributed by atoms with Crippen molar-refractivity contribution in [2.24, 2.45) is 0 Å². The molecule has 0 radical (unpaired) electrons. The van der Waals surface area contributed by atoms with Gasteiger partial charge in [0, 0.05) is 31.7 Å². The molecule has 1 aliphatic heterocycles. The third-order valence-electron chi connectivity index (χ3n) is 5.46. The van der Waals surface area contributed by atoms with Gasteiger partial charge in [0.1, 0.15) is 5.75 Å². The zero-order chi connectivity index (χ0) is 22.8. The van der Waals surface area contributed by atoms with Gasteiger partial charge in [-0.05, 0) is 42.7 Å². The van der Waals surface area contributed by atoms with Crippen molar-refractivity contribution >= 4 is 17.7 Å². The normalized spacial score (nSPS) is 13.9. The average molecular weight is 438 g/mol. The molecule has 7 heteroatoms. The van der Waals surface area contributed by atoms with Crippen LogP contribution in [0.2, 0.25) is 0 Å². The van der Waals surface area contributed by atoms with Crippen LogP contribution in [-0.2, 0) is 16.0 Å². The highest BCUT2D eigenvalue weighted by atomic mass is 16.5. The van der Waals surface area contributed by atoms with Crippen molar-refractivity contribution in [3.63, 3.8) is 0 Å². The van der Waals surface area contributed by atoms with Crippen LogP contribution < -0.4 is 10.1 Å². The van der Waals surface area contributed by atoms with Gasteiger partial charge in [0.2, 0.25) is 5.91 Å². The van der Waals surface area contributed by atoms with E-state index in [-0.39, 0.29) is 30.9 Å². The first-order chi connectivity index (χ1) is 15.6. The second kappa shape index (κ2) is 11.9. The van der Waals surface area contributed by atoms with E-state index in [4.69, 9.17) is 4.74 Å². The van der Waals surface area contributed by atoms with Crippen LogP contribution in [0.3, 0.4) is 0 Å². The van der Waals surface area contributed by atoms with Crippen LogP contribution in [0.25, 0.3) is 0 Å². The number of rotatable bonds is 8. The van der Waals surface area contributed by atoms with E-state index in [0.717, 1.165) is 12.8 Å². The molecule has 0 unspecified atom stereocenters. The van der Waals surface area contributed by atoms with Crippen molar-refractivity contribution in [1.82, 2.24) is 15.1 Å². The van der Waals surface area contributed by atoms with E-state index in [0.29, 0.717) is 43.9 Å². The van der Waals surface area contributed by atoms with Gasteiger partial charge in [-0.2, -0.15) is 0 Å². The van der Waals surface area contributed by atoms with Gasteiger partial charge >= 0.3 is 0 Å². The third kappa shape index (κ3) is 6.83. The Balaban J connectivity index is 1.42. The van der Waals surface area contributed by atoms with Crippen LogP contribution in [0, 0.1) is 0 Å². The first kappa shape index (κ1) is 23.3. The van der Waals surface area contributed by atoms with Crippen LogP contribution >= 0.6 is 0 Å². The van der Waals surface area contributed by atoms with E-state index in [1.165, 1.54) is 5.56 Å². The summed E-state index contributed by atoms with van der Waals surface area (Å²) in [6, 6.07) is 16.6. The highest BCUT2D eigenvalue weighted by molar-refractivity contribution is 5.96. The second-order valence-electron chi connectivity index (χ2n) is 7.85. The lowest BCUT2D eigenvalue weighted by Crippen LogP contribution is -2.43. The SMILES string of the molecule is CCCc1ccc(OCC(=O)N2CCCN(C(=O)CNC(=O)c3ccccc3)CC2)cc1. The van der Waals surface area contributed by atoms with Gasteiger partial charge in [-0.15, -0.1) is 0 Å². The second-order valence-corrected chi connectivity index (χ2v) is 7.85. The highest BCUT2D eigenvalue weighted by Crippen LogP contribution is 2.14. The van der Waals surface area contributed by atoms with Crippen LogP contribution in [0.15, 0.2) is 54.6 Å². The minimum absolute atomic E-state index is 0.0196. The monoisotopic (exact) mass is 437 g/mol. The molecule has 170 valence electrons. The summed E-state index contributed by atoms with van der Waals surface area (Å²) in [6.45, 7) is 4.10. The summed E-state index contributed by atoms with van der Waals surface area (Å²) in [4.78, 5) is 40.7. The Hall–Kier alpha value is -3.35. The molecule has 7 nitrogen and oxygen atoms in total. The van der Waals surface area contributed by atoms with Crippen LogP contribution in [0.4, 0.5) is 0 Å². The zero-order valence-corrected chi connectivity index (χ0v) is 18.6. The number of aryl methyl sites for hydroxylation is 1.